The fraction of sp³-hybridized carbons (Fsp3) is 0.133. The quantitative estimate of drug-likeness (QED) is 0.658. The number of nitrogens with one attached hydrogen (secondary N) is 1. The molecular formula is C15H13Cl2N3. The van der Waals surface area contributed by atoms with Crippen LogP contribution in [0.25, 0.3) is 0 Å². The van der Waals surface area contributed by atoms with E-state index in [0.717, 1.165) is 16.7 Å². The van der Waals surface area contributed by atoms with Crippen molar-refractivity contribution in [3.05, 3.63) is 63.1 Å². The molecule has 0 aliphatic rings. The fourth-order valence-corrected chi connectivity index (χ4v) is 2.67. The van der Waals surface area contributed by atoms with E-state index in [1.54, 1.807) is 18.2 Å². The summed E-state index contributed by atoms with van der Waals surface area (Å²) in [4.78, 5) is 0. The van der Waals surface area contributed by atoms with E-state index >= 15 is 0 Å². The number of halogens is 2. The van der Waals surface area contributed by atoms with Gasteiger partial charge in [0.2, 0.25) is 0 Å². The van der Waals surface area contributed by atoms with Crippen LogP contribution in [-0.4, -0.2) is 0 Å². The Kier molecular flexibility index (Phi) is 4.51. The number of nitrogens with zero attached hydrogens (tertiary/aromatic N) is 1. The number of aryl methyl sites for hydroxylation is 1. The first kappa shape index (κ1) is 14.7. The Balaban J connectivity index is 2.53. The molecule has 1 unspecified atom stereocenters. The van der Waals surface area contributed by atoms with Gasteiger partial charge in [-0.2, -0.15) is 5.26 Å². The maximum absolute atomic E-state index is 9.50. The Bertz CT molecular complexity index is 637. The summed E-state index contributed by atoms with van der Waals surface area (Å²) in [6, 6.07) is 13.1. The molecule has 0 aliphatic heterocycles. The normalized spacial score (nSPS) is 11.8. The van der Waals surface area contributed by atoms with Gasteiger partial charge in [-0.25, -0.2) is 0 Å². The first-order valence-corrected chi connectivity index (χ1v) is 6.74. The number of nitrogens with two attached hydrogens (primary N) is 1. The van der Waals surface area contributed by atoms with Gasteiger partial charge in [0.15, 0.2) is 0 Å². The summed E-state index contributed by atoms with van der Waals surface area (Å²) in [5.41, 5.74) is 5.82. The Hall–Kier alpha value is -1.73. The maximum Gasteiger partial charge on any atom is 0.0979 e. The number of nitriles is 1. The van der Waals surface area contributed by atoms with Gasteiger partial charge < -0.3 is 5.43 Å². The minimum atomic E-state index is -0.438. The van der Waals surface area contributed by atoms with Gasteiger partial charge in [0, 0.05) is 10.0 Å². The van der Waals surface area contributed by atoms with Crippen molar-refractivity contribution in [2.75, 3.05) is 5.43 Å². The summed E-state index contributed by atoms with van der Waals surface area (Å²) in [6.45, 7) is 1.91. The number of anilines is 1. The summed E-state index contributed by atoms with van der Waals surface area (Å²) in [5.74, 6) is 4.95. The van der Waals surface area contributed by atoms with Crippen molar-refractivity contribution in [3.8, 4) is 6.07 Å². The molecular weight excluding hydrogens is 293 g/mol. The van der Waals surface area contributed by atoms with E-state index in [2.05, 4.69) is 11.5 Å². The summed E-state index contributed by atoms with van der Waals surface area (Å²) in [6.07, 6.45) is 0. The van der Waals surface area contributed by atoms with E-state index in [1.165, 1.54) is 0 Å². The largest absolute Gasteiger partial charge is 0.324 e. The van der Waals surface area contributed by atoms with Gasteiger partial charge in [-0.3, -0.25) is 5.84 Å². The van der Waals surface area contributed by atoms with Gasteiger partial charge in [0.05, 0.1) is 17.7 Å². The third-order valence-corrected chi connectivity index (χ3v) is 3.69. The van der Waals surface area contributed by atoms with Crippen LogP contribution in [0.15, 0.2) is 36.4 Å². The molecule has 0 amide bonds. The summed E-state index contributed by atoms with van der Waals surface area (Å²) >= 11 is 12.2. The Morgan fingerprint density at radius 3 is 2.35 bits per heavy atom. The van der Waals surface area contributed by atoms with Gasteiger partial charge in [0.25, 0.3) is 0 Å². The van der Waals surface area contributed by atoms with E-state index in [0.29, 0.717) is 15.7 Å². The number of nitrogen functional groups attached to an aromatic ring is 1. The highest BCUT2D eigenvalue weighted by molar-refractivity contribution is 6.32. The van der Waals surface area contributed by atoms with E-state index in [9.17, 15) is 5.26 Å². The fourth-order valence-electron chi connectivity index (χ4n) is 2.17. The van der Waals surface area contributed by atoms with E-state index < -0.39 is 5.92 Å². The van der Waals surface area contributed by atoms with Crippen molar-refractivity contribution >= 4 is 28.9 Å². The molecule has 5 heteroatoms. The second kappa shape index (κ2) is 6.15. The predicted octanol–water partition coefficient (Wildman–Crippen LogP) is 4.24. The standard InChI is InChI=1S/C15H13Cl2N3/c1-9-6-12(20-19)7-14(17)15(9)13(8-18)10-2-4-11(16)5-3-10/h2-7,13,20H,19H2,1H3. The lowest BCUT2D eigenvalue weighted by Crippen LogP contribution is -2.08. The average molecular weight is 306 g/mol. The molecule has 2 aromatic carbocycles. The van der Waals surface area contributed by atoms with Crippen LogP contribution < -0.4 is 11.3 Å². The molecule has 20 heavy (non-hydrogen) atoms. The van der Waals surface area contributed by atoms with Gasteiger partial charge in [-0.15, -0.1) is 0 Å². The van der Waals surface area contributed by atoms with Crippen molar-refractivity contribution in [2.24, 2.45) is 5.84 Å². The van der Waals surface area contributed by atoms with E-state index in [-0.39, 0.29) is 0 Å². The number of benzene rings is 2. The highest BCUT2D eigenvalue weighted by atomic mass is 35.5. The van der Waals surface area contributed by atoms with Gasteiger partial charge in [0.1, 0.15) is 0 Å². The van der Waals surface area contributed by atoms with Crippen molar-refractivity contribution < 1.29 is 0 Å². The number of hydrazine groups is 1. The van der Waals surface area contributed by atoms with Crippen molar-refractivity contribution in [1.29, 1.82) is 5.26 Å². The molecule has 0 saturated heterocycles. The molecule has 2 aromatic rings. The SMILES string of the molecule is Cc1cc(NN)cc(Cl)c1C(C#N)c1ccc(Cl)cc1. The molecule has 0 fully saturated rings. The zero-order valence-corrected chi connectivity index (χ0v) is 12.3. The monoisotopic (exact) mass is 305 g/mol. The summed E-state index contributed by atoms with van der Waals surface area (Å²) in [5, 5.41) is 10.6. The lowest BCUT2D eigenvalue weighted by atomic mass is 9.89. The molecule has 102 valence electrons. The number of rotatable bonds is 3. The first-order valence-electron chi connectivity index (χ1n) is 5.98. The summed E-state index contributed by atoms with van der Waals surface area (Å²) < 4.78 is 0. The lowest BCUT2D eigenvalue weighted by molar-refractivity contribution is 1.02. The minimum absolute atomic E-state index is 0.438. The third-order valence-electron chi connectivity index (χ3n) is 3.12. The molecule has 0 bridgehead atoms. The van der Waals surface area contributed by atoms with Crippen molar-refractivity contribution in [3.63, 3.8) is 0 Å². The third kappa shape index (κ3) is 2.88. The molecule has 3 nitrogen and oxygen atoms in total. The molecule has 0 spiro atoms. The van der Waals surface area contributed by atoms with Crippen LogP contribution in [0.2, 0.25) is 10.0 Å². The zero-order chi connectivity index (χ0) is 14.7. The molecule has 0 radical (unpaired) electrons. The molecule has 0 aromatic heterocycles. The Morgan fingerprint density at radius 2 is 1.85 bits per heavy atom. The van der Waals surface area contributed by atoms with Crippen LogP contribution in [0, 0.1) is 18.3 Å². The molecule has 1 atom stereocenters. The van der Waals surface area contributed by atoms with Crippen LogP contribution in [0.5, 0.6) is 0 Å². The molecule has 3 N–H and O–H groups in total. The van der Waals surface area contributed by atoms with Crippen LogP contribution in [0.1, 0.15) is 22.6 Å². The average Bonchev–Trinajstić information content (AvgIpc) is 2.43. The number of hydrogen-bond donors (Lipinski definition) is 2. The topological polar surface area (TPSA) is 61.8 Å². The minimum Gasteiger partial charge on any atom is -0.324 e. The highest BCUT2D eigenvalue weighted by Crippen LogP contribution is 2.35. The number of hydrogen-bond acceptors (Lipinski definition) is 3. The lowest BCUT2D eigenvalue weighted by Gasteiger charge is -2.16. The second-order valence-electron chi connectivity index (χ2n) is 4.45. The Morgan fingerprint density at radius 1 is 1.20 bits per heavy atom. The highest BCUT2D eigenvalue weighted by Gasteiger charge is 2.19. The van der Waals surface area contributed by atoms with Crippen LogP contribution in [0.3, 0.4) is 0 Å². The van der Waals surface area contributed by atoms with Crippen LogP contribution >= 0.6 is 23.2 Å². The van der Waals surface area contributed by atoms with Crippen molar-refractivity contribution in [1.82, 2.24) is 0 Å². The molecule has 0 heterocycles. The van der Waals surface area contributed by atoms with E-state index in [4.69, 9.17) is 29.0 Å². The van der Waals surface area contributed by atoms with Gasteiger partial charge >= 0.3 is 0 Å². The first-order chi connectivity index (χ1) is 9.56. The smallest absolute Gasteiger partial charge is 0.0979 e. The zero-order valence-electron chi connectivity index (χ0n) is 10.8. The van der Waals surface area contributed by atoms with Crippen LogP contribution in [0.4, 0.5) is 5.69 Å². The predicted molar refractivity (Wildman–Crippen MR) is 82.9 cm³/mol. The van der Waals surface area contributed by atoms with Gasteiger partial charge in [-0.1, -0.05) is 35.3 Å². The molecule has 0 saturated carbocycles. The van der Waals surface area contributed by atoms with E-state index in [1.807, 2.05) is 25.1 Å². The van der Waals surface area contributed by atoms with Crippen molar-refractivity contribution in [2.45, 2.75) is 12.8 Å². The van der Waals surface area contributed by atoms with Crippen LogP contribution in [-0.2, 0) is 0 Å². The second-order valence-corrected chi connectivity index (χ2v) is 5.29. The maximum atomic E-state index is 9.50. The molecule has 2 rings (SSSR count). The molecule has 0 aliphatic carbocycles. The van der Waals surface area contributed by atoms with Gasteiger partial charge in [-0.05, 0) is 47.9 Å². The Labute approximate surface area is 127 Å². The summed E-state index contributed by atoms with van der Waals surface area (Å²) in [7, 11) is 0.